The molecule has 0 atom stereocenters. The van der Waals surface area contributed by atoms with Crippen molar-refractivity contribution in [2.75, 3.05) is 12.4 Å². The molecule has 1 saturated carbocycles. The summed E-state index contributed by atoms with van der Waals surface area (Å²) in [5, 5.41) is 3.42. The van der Waals surface area contributed by atoms with E-state index in [2.05, 4.69) is 29.6 Å². The SMILES string of the molecule is COc1ccc(CNc2ccccc2)cc1OC1CCCC1. The Bertz CT molecular complexity index is 592. The third-order valence-corrected chi connectivity index (χ3v) is 4.09. The standard InChI is InChI=1S/C19H23NO2/c1-21-18-12-11-15(14-20-16-7-3-2-4-8-16)13-19(18)22-17-9-5-6-10-17/h2-4,7-8,11-13,17,20H,5-6,9-10,14H2,1H3. The molecular formula is C19H23NO2. The van der Waals surface area contributed by atoms with Crippen LogP contribution < -0.4 is 14.8 Å². The second kappa shape index (κ2) is 7.21. The lowest BCUT2D eigenvalue weighted by Crippen LogP contribution is -2.12. The topological polar surface area (TPSA) is 30.5 Å². The quantitative estimate of drug-likeness (QED) is 0.843. The Morgan fingerprint density at radius 3 is 2.50 bits per heavy atom. The predicted octanol–water partition coefficient (Wildman–Crippen LogP) is 4.63. The molecule has 3 rings (SSSR count). The van der Waals surface area contributed by atoms with Crippen molar-refractivity contribution < 1.29 is 9.47 Å². The second-order valence-corrected chi connectivity index (χ2v) is 5.73. The molecule has 0 heterocycles. The van der Waals surface area contributed by atoms with Crippen LogP contribution in [0.25, 0.3) is 0 Å². The summed E-state index contributed by atoms with van der Waals surface area (Å²) in [6.07, 6.45) is 5.17. The van der Waals surface area contributed by atoms with Gasteiger partial charge in [-0.25, -0.2) is 0 Å². The average Bonchev–Trinajstić information content (AvgIpc) is 3.07. The Morgan fingerprint density at radius 2 is 1.77 bits per heavy atom. The van der Waals surface area contributed by atoms with Crippen LogP contribution in [0.3, 0.4) is 0 Å². The summed E-state index contributed by atoms with van der Waals surface area (Å²) < 4.78 is 11.6. The lowest BCUT2D eigenvalue weighted by Gasteiger charge is -2.17. The van der Waals surface area contributed by atoms with Crippen LogP contribution in [0.15, 0.2) is 48.5 Å². The van der Waals surface area contributed by atoms with E-state index in [-0.39, 0.29) is 0 Å². The van der Waals surface area contributed by atoms with Gasteiger partial charge in [0, 0.05) is 12.2 Å². The molecule has 0 radical (unpaired) electrons. The molecule has 3 heteroatoms. The first-order valence-electron chi connectivity index (χ1n) is 7.97. The van der Waals surface area contributed by atoms with Gasteiger partial charge in [0.1, 0.15) is 0 Å². The molecule has 1 N–H and O–H groups in total. The summed E-state index contributed by atoms with van der Waals surface area (Å²) in [6, 6.07) is 16.4. The molecule has 0 aromatic heterocycles. The summed E-state index contributed by atoms with van der Waals surface area (Å²) in [5.41, 5.74) is 2.31. The number of benzene rings is 2. The number of para-hydroxylation sites is 1. The third kappa shape index (κ3) is 3.73. The summed E-state index contributed by atoms with van der Waals surface area (Å²) in [6.45, 7) is 0.773. The van der Waals surface area contributed by atoms with Crippen molar-refractivity contribution in [3.63, 3.8) is 0 Å². The van der Waals surface area contributed by atoms with E-state index in [0.29, 0.717) is 6.10 Å². The van der Waals surface area contributed by atoms with Crippen LogP contribution in [0.2, 0.25) is 0 Å². The van der Waals surface area contributed by atoms with Crippen LogP contribution in [0.1, 0.15) is 31.2 Å². The van der Waals surface area contributed by atoms with Crippen molar-refractivity contribution in [3.05, 3.63) is 54.1 Å². The number of hydrogen-bond acceptors (Lipinski definition) is 3. The van der Waals surface area contributed by atoms with Gasteiger partial charge in [0.05, 0.1) is 13.2 Å². The summed E-state index contributed by atoms with van der Waals surface area (Å²) in [7, 11) is 1.69. The first-order valence-corrected chi connectivity index (χ1v) is 7.97. The fourth-order valence-electron chi connectivity index (χ4n) is 2.87. The molecule has 116 valence electrons. The highest BCUT2D eigenvalue weighted by Crippen LogP contribution is 2.32. The van der Waals surface area contributed by atoms with Crippen LogP contribution in [0.4, 0.5) is 5.69 Å². The first-order chi connectivity index (χ1) is 10.8. The van der Waals surface area contributed by atoms with Crippen molar-refractivity contribution in [2.45, 2.75) is 38.3 Å². The minimum absolute atomic E-state index is 0.339. The maximum atomic E-state index is 6.14. The number of rotatable bonds is 6. The Kier molecular flexibility index (Phi) is 4.84. The largest absolute Gasteiger partial charge is 0.493 e. The molecule has 0 aliphatic heterocycles. The second-order valence-electron chi connectivity index (χ2n) is 5.73. The number of hydrogen-bond donors (Lipinski definition) is 1. The minimum atomic E-state index is 0.339. The molecule has 2 aromatic carbocycles. The van der Waals surface area contributed by atoms with Gasteiger partial charge in [0.2, 0.25) is 0 Å². The van der Waals surface area contributed by atoms with Crippen LogP contribution >= 0.6 is 0 Å². The lowest BCUT2D eigenvalue weighted by molar-refractivity contribution is 0.200. The Hall–Kier alpha value is -2.16. The third-order valence-electron chi connectivity index (χ3n) is 4.09. The molecule has 0 spiro atoms. The predicted molar refractivity (Wildman–Crippen MR) is 89.6 cm³/mol. The molecule has 22 heavy (non-hydrogen) atoms. The Morgan fingerprint density at radius 1 is 1.00 bits per heavy atom. The van der Waals surface area contributed by atoms with Crippen molar-refractivity contribution >= 4 is 5.69 Å². The molecule has 1 aliphatic carbocycles. The first kappa shape index (κ1) is 14.8. The van der Waals surface area contributed by atoms with Gasteiger partial charge in [0.15, 0.2) is 11.5 Å². The smallest absolute Gasteiger partial charge is 0.161 e. The van der Waals surface area contributed by atoms with E-state index in [1.807, 2.05) is 24.3 Å². The Labute approximate surface area is 132 Å². The van der Waals surface area contributed by atoms with E-state index in [4.69, 9.17) is 9.47 Å². The van der Waals surface area contributed by atoms with E-state index in [1.54, 1.807) is 7.11 Å². The van der Waals surface area contributed by atoms with Crippen molar-refractivity contribution in [2.24, 2.45) is 0 Å². The zero-order valence-corrected chi connectivity index (χ0v) is 13.0. The molecule has 2 aromatic rings. The summed E-state index contributed by atoms with van der Waals surface area (Å²) in [4.78, 5) is 0. The normalized spacial score (nSPS) is 14.8. The van der Waals surface area contributed by atoms with Gasteiger partial charge in [-0.05, 0) is 55.5 Å². The number of anilines is 1. The highest BCUT2D eigenvalue weighted by molar-refractivity contribution is 5.46. The van der Waals surface area contributed by atoms with Crippen molar-refractivity contribution in [3.8, 4) is 11.5 Å². The molecule has 1 fully saturated rings. The number of methoxy groups -OCH3 is 1. The summed E-state index contributed by atoms with van der Waals surface area (Å²) in [5.74, 6) is 1.68. The highest BCUT2D eigenvalue weighted by Gasteiger charge is 2.18. The van der Waals surface area contributed by atoms with E-state index in [0.717, 1.165) is 36.6 Å². The molecule has 0 saturated heterocycles. The van der Waals surface area contributed by atoms with Crippen LogP contribution in [-0.2, 0) is 6.54 Å². The molecule has 0 amide bonds. The van der Waals surface area contributed by atoms with E-state index >= 15 is 0 Å². The maximum absolute atomic E-state index is 6.14. The minimum Gasteiger partial charge on any atom is -0.493 e. The van der Waals surface area contributed by atoms with Crippen LogP contribution in [-0.4, -0.2) is 13.2 Å². The van der Waals surface area contributed by atoms with Crippen molar-refractivity contribution in [1.82, 2.24) is 0 Å². The lowest BCUT2D eigenvalue weighted by atomic mass is 10.2. The van der Waals surface area contributed by atoms with Crippen LogP contribution in [0, 0.1) is 0 Å². The average molecular weight is 297 g/mol. The summed E-state index contributed by atoms with van der Waals surface area (Å²) >= 11 is 0. The highest BCUT2D eigenvalue weighted by atomic mass is 16.5. The number of nitrogens with one attached hydrogen (secondary N) is 1. The Balaban J connectivity index is 1.69. The van der Waals surface area contributed by atoms with Gasteiger partial charge in [-0.1, -0.05) is 24.3 Å². The number of ether oxygens (including phenoxy) is 2. The van der Waals surface area contributed by atoms with E-state index in [1.165, 1.54) is 18.4 Å². The monoisotopic (exact) mass is 297 g/mol. The van der Waals surface area contributed by atoms with Gasteiger partial charge in [-0.15, -0.1) is 0 Å². The molecule has 3 nitrogen and oxygen atoms in total. The van der Waals surface area contributed by atoms with Gasteiger partial charge in [0.25, 0.3) is 0 Å². The van der Waals surface area contributed by atoms with Crippen molar-refractivity contribution in [1.29, 1.82) is 0 Å². The zero-order chi connectivity index (χ0) is 15.2. The van der Waals surface area contributed by atoms with Gasteiger partial charge < -0.3 is 14.8 Å². The van der Waals surface area contributed by atoms with E-state index < -0.39 is 0 Å². The van der Waals surface area contributed by atoms with Gasteiger partial charge >= 0.3 is 0 Å². The fraction of sp³-hybridized carbons (Fsp3) is 0.368. The molecule has 0 unspecified atom stereocenters. The molecular weight excluding hydrogens is 274 g/mol. The van der Waals surface area contributed by atoms with Crippen LogP contribution in [0.5, 0.6) is 11.5 Å². The van der Waals surface area contributed by atoms with Gasteiger partial charge in [-0.3, -0.25) is 0 Å². The zero-order valence-electron chi connectivity index (χ0n) is 13.0. The van der Waals surface area contributed by atoms with Gasteiger partial charge in [-0.2, -0.15) is 0 Å². The van der Waals surface area contributed by atoms with E-state index in [9.17, 15) is 0 Å². The fourth-order valence-corrected chi connectivity index (χ4v) is 2.87. The molecule has 0 bridgehead atoms. The maximum Gasteiger partial charge on any atom is 0.161 e. The molecule has 1 aliphatic rings.